The summed E-state index contributed by atoms with van der Waals surface area (Å²) in [4.78, 5) is 29.5. The van der Waals surface area contributed by atoms with E-state index in [1.807, 2.05) is 54.6 Å². The zero-order valence-corrected chi connectivity index (χ0v) is 15.4. The second-order valence-electron chi connectivity index (χ2n) is 6.92. The van der Waals surface area contributed by atoms with Crippen molar-refractivity contribution in [3.8, 4) is 0 Å². The van der Waals surface area contributed by atoms with Crippen LogP contribution in [0.1, 0.15) is 37.9 Å². The van der Waals surface area contributed by atoms with Gasteiger partial charge in [-0.25, -0.2) is 14.5 Å². The van der Waals surface area contributed by atoms with Crippen LogP contribution in [0.2, 0.25) is 0 Å². The van der Waals surface area contributed by atoms with Crippen molar-refractivity contribution < 1.29 is 14.3 Å². The lowest BCUT2D eigenvalue weighted by Gasteiger charge is -2.25. The molecule has 1 N–H and O–H groups in total. The molecule has 0 spiro atoms. The van der Waals surface area contributed by atoms with E-state index in [1.165, 1.54) is 0 Å². The number of hydrogen-bond acceptors (Lipinski definition) is 4. The van der Waals surface area contributed by atoms with Crippen LogP contribution >= 0.6 is 0 Å². The lowest BCUT2D eigenvalue weighted by molar-refractivity contribution is 0.0252. The quantitative estimate of drug-likeness (QED) is 0.545. The van der Waals surface area contributed by atoms with E-state index in [0.29, 0.717) is 17.5 Å². The molecule has 0 fully saturated rings. The lowest BCUT2D eigenvalue weighted by atomic mass is 9.93. The molecule has 1 aromatic heterocycles. The van der Waals surface area contributed by atoms with Gasteiger partial charge in [0, 0.05) is 12.0 Å². The monoisotopic (exact) mass is 383 g/mol. The topological polar surface area (TPSA) is 73.2 Å². The summed E-state index contributed by atoms with van der Waals surface area (Å²) < 4.78 is 7.18. The van der Waals surface area contributed by atoms with Crippen molar-refractivity contribution in [3.63, 3.8) is 0 Å². The zero-order valence-electron chi connectivity index (χ0n) is 15.4. The second-order valence-corrected chi connectivity index (χ2v) is 6.92. The van der Waals surface area contributed by atoms with Gasteiger partial charge in [-0.3, -0.25) is 10.2 Å². The normalized spacial score (nSPS) is 15.6. The largest absolute Gasteiger partial charge is 0.454 e. The predicted molar refractivity (Wildman–Crippen MR) is 108 cm³/mol. The summed E-state index contributed by atoms with van der Waals surface area (Å²) in [5.74, 6) is -0.640. The first-order valence-electron chi connectivity index (χ1n) is 9.31. The Labute approximate surface area is 166 Å². The van der Waals surface area contributed by atoms with Gasteiger partial charge in [0.25, 0.3) is 5.91 Å². The molecule has 0 bridgehead atoms. The fraction of sp³-hybridized carbons (Fsp3) is 0.0870. The molecule has 0 aliphatic carbocycles. The molecule has 2 heterocycles. The second kappa shape index (κ2) is 6.91. The molecule has 1 aliphatic rings. The van der Waals surface area contributed by atoms with Crippen LogP contribution in [0.25, 0.3) is 11.0 Å². The molecule has 1 amide bonds. The average Bonchev–Trinajstić information content (AvgIpc) is 3.17. The molecule has 0 saturated heterocycles. The third-order valence-corrected chi connectivity index (χ3v) is 5.09. The van der Waals surface area contributed by atoms with E-state index in [4.69, 9.17) is 4.74 Å². The molecule has 1 aliphatic heterocycles. The maximum atomic E-state index is 12.8. The van der Waals surface area contributed by atoms with E-state index in [-0.39, 0.29) is 18.0 Å². The number of imidazole rings is 1. The van der Waals surface area contributed by atoms with Gasteiger partial charge in [0.05, 0.1) is 16.6 Å². The van der Waals surface area contributed by atoms with Crippen molar-refractivity contribution in [2.75, 3.05) is 5.43 Å². The maximum Gasteiger partial charge on any atom is 0.339 e. The molecular formula is C23H17N3O3. The predicted octanol–water partition coefficient (Wildman–Crippen LogP) is 3.87. The van der Waals surface area contributed by atoms with Crippen molar-refractivity contribution in [2.24, 2.45) is 0 Å². The van der Waals surface area contributed by atoms with Gasteiger partial charge in [0.1, 0.15) is 12.4 Å². The van der Waals surface area contributed by atoms with E-state index in [9.17, 15) is 9.59 Å². The van der Waals surface area contributed by atoms with Crippen molar-refractivity contribution in [1.29, 1.82) is 0 Å². The van der Waals surface area contributed by atoms with E-state index >= 15 is 0 Å². The fourth-order valence-electron chi connectivity index (χ4n) is 3.61. The van der Waals surface area contributed by atoms with Gasteiger partial charge in [-0.15, -0.1) is 0 Å². The van der Waals surface area contributed by atoms with Crippen LogP contribution < -0.4 is 5.43 Å². The number of fused-ring (bicyclic) bond motifs is 2. The molecule has 0 unspecified atom stereocenters. The average molecular weight is 383 g/mol. The standard InChI is InChI=1S/C23H17N3O3/c27-22(25-26-14-24-19-8-4-5-9-20(19)26)16-10-11-18-17(12-16)13-21(29-23(18)28)15-6-2-1-3-7-15/h1-12,14,21H,13H2,(H,25,27)/t21-/m0/s1. The SMILES string of the molecule is O=C(Nn1cnc2ccccc21)c1ccc2c(c1)C[C@@H](c1ccccc1)OC2=O. The summed E-state index contributed by atoms with van der Waals surface area (Å²) in [6, 6.07) is 22.2. The fourth-order valence-corrected chi connectivity index (χ4v) is 3.61. The van der Waals surface area contributed by atoms with Crippen LogP contribution in [0.4, 0.5) is 0 Å². The van der Waals surface area contributed by atoms with Crippen LogP contribution in [0, 0.1) is 0 Å². The highest BCUT2D eigenvalue weighted by Gasteiger charge is 2.28. The Morgan fingerprint density at radius 3 is 2.69 bits per heavy atom. The zero-order chi connectivity index (χ0) is 19.8. The van der Waals surface area contributed by atoms with Gasteiger partial charge in [-0.1, -0.05) is 42.5 Å². The summed E-state index contributed by atoms with van der Waals surface area (Å²) in [5.41, 5.74) is 7.17. The first-order valence-corrected chi connectivity index (χ1v) is 9.31. The molecule has 5 rings (SSSR count). The van der Waals surface area contributed by atoms with Crippen LogP contribution in [0.5, 0.6) is 0 Å². The number of nitrogens with one attached hydrogen (secondary N) is 1. The molecular weight excluding hydrogens is 366 g/mol. The minimum atomic E-state index is -0.368. The van der Waals surface area contributed by atoms with Gasteiger partial charge < -0.3 is 4.74 Å². The number of hydrogen-bond donors (Lipinski definition) is 1. The number of ether oxygens (including phenoxy) is 1. The Morgan fingerprint density at radius 1 is 1.03 bits per heavy atom. The first kappa shape index (κ1) is 17.2. The maximum absolute atomic E-state index is 12.8. The van der Waals surface area contributed by atoms with E-state index in [2.05, 4.69) is 10.4 Å². The molecule has 1 atom stereocenters. The molecule has 4 aromatic rings. The number of rotatable bonds is 3. The highest BCUT2D eigenvalue weighted by atomic mass is 16.5. The van der Waals surface area contributed by atoms with Crippen molar-refractivity contribution in [3.05, 3.63) is 101 Å². The Bertz CT molecular complexity index is 1230. The number of para-hydroxylation sites is 2. The summed E-state index contributed by atoms with van der Waals surface area (Å²) in [6.45, 7) is 0. The third kappa shape index (κ3) is 3.14. The Morgan fingerprint density at radius 2 is 1.83 bits per heavy atom. The molecule has 29 heavy (non-hydrogen) atoms. The van der Waals surface area contributed by atoms with Crippen LogP contribution in [-0.4, -0.2) is 21.5 Å². The Hall–Kier alpha value is -3.93. The number of aromatic nitrogens is 2. The number of carbonyl (C=O) groups excluding carboxylic acids is 2. The lowest BCUT2D eigenvalue weighted by Crippen LogP contribution is -2.25. The van der Waals surface area contributed by atoms with Gasteiger partial charge in [-0.05, 0) is 41.5 Å². The highest BCUT2D eigenvalue weighted by molar-refractivity contribution is 6.02. The summed E-state index contributed by atoms with van der Waals surface area (Å²) in [6.07, 6.45) is 1.75. The molecule has 0 saturated carbocycles. The van der Waals surface area contributed by atoms with Gasteiger partial charge in [0.15, 0.2) is 0 Å². The number of cyclic esters (lactones) is 1. The van der Waals surface area contributed by atoms with Gasteiger partial charge in [-0.2, -0.15) is 0 Å². The molecule has 6 heteroatoms. The minimum Gasteiger partial charge on any atom is -0.454 e. The van der Waals surface area contributed by atoms with Crippen LogP contribution in [-0.2, 0) is 11.2 Å². The van der Waals surface area contributed by atoms with Gasteiger partial charge in [0.2, 0.25) is 0 Å². The van der Waals surface area contributed by atoms with Crippen LogP contribution in [0.3, 0.4) is 0 Å². The summed E-state index contributed by atoms with van der Waals surface area (Å²) in [5, 5.41) is 0. The molecule has 0 radical (unpaired) electrons. The molecule has 142 valence electrons. The molecule has 3 aromatic carbocycles. The third-order valence-electron chi connectivity index (χ3n) is 5.09. The van der Waals surface area contributed by atoms with E-state index < -0.39 is 0 Å². The van der Waals surface area contributed by atoms with Crippen LogP contribution in [0.15, 0.2) is 79.1 Å². The van der Waals surface area contributed by atoms with Gasteiger partial charge >= 0.3 is 5.97 Å². The first-order chi connectivity index (χ1) is 14.2. The summed E-state index contributed by atoms with van der Waals surface area (Å²) >= 11 is 0. The summed E-state index contributed by atoms with van der Waals surface area (Å²) in [7, 11) is 0. The number of nitrogens with zero attached hydrogens (tertiary/aromatic N) is 2. The number of carbonyl (C=O) groups is 2. The Balaban J connectivity index is 1.42. The highest BCUT2D eigenvalue weighted by Crippen LogP contribution is 2.31. The van der Waals surface area contributed by atoms with Crippen molar-refractivity contribution in [1.82, 2.24) is 9.66 Å². The smallest absolute Gasteiger partial charge is 0.339 e. The Kier molecular flexibility index (Phi) is 4.09. The number of benzene rings is 3. The van der Waals surface area contributed by atoms with Crippen molar-refractivity contribution in [2.45, 2.75) is 12.5 Å². The molecule has 6 nitrogen and oxygen atoms in total. The van der Waals surface area contributed by atoms with E-state index in [0.717, 1.165) is 22.2 Å². The number of amides is 1. The number of esters is 1. The van der Waals surface area contributed by atoms with E-state index in [1.54, 1.807) is 29.2 Å². The van der Waals surface area contributed by atoms with Crippen molar-refractivity contribution >= 4 is 22.9 Å². The minimum absolute atomic E-state index is 0.272.